The third-order valence-electron chi connectivity index (χ3n) is 6.31. The summed E-state index contributed by atoms with van der Waals surface area (Å²) in [5.41, 5.74) is -1.16. The number of halogens is 4. The number of aromatic nitrogens is 2. The molecular formula is C22H26BrClF2N4O2S. The zero-order valence-electron chi connectivity index (χ0n) is 19.1. The van der Waals surface area contributed by atoms with Gasteiger partial charge in [0.25, 0.3) is 0 Å². The highest BCUT2D eigenvalue weighted by atomic mass is 79.9. The van der Waals surface area contributed by atoms with E-state index in [1.807, 2.05) is 32.6 Å². The van der Waals surface area contributed by atoms with Gasteiger partial charge in [0, 0.05) is 19.1 Å². The van der Waals surface area contributed by atoms with Gasteiger partial charge >= 0.3 is 6.09 Å². The predicted octanol–water partition coefficient (Wildman–Crippen LogP) is 6.41. The van der Waals surface area contributed by atoms with Crippen LogP contribution in [0.4, 0.5) is 19.4 Å². The molecule has 2 aliphatic rings. The number of benzene rings is 1. The molecule has 1 amide bonds. The summed E-state index contributed by atoms with van der Waals surface area (Å²) in [6.45, 7) is 8.59. The number of thioether (sulfide) groups is 1. The highest BCUT2D eigenvalue weighted by Crippen LogP contribution is 2.47. The number of nitrogens with zero attached hydrogens (tertiary/aromatic N) is 4. The monoisotopic (exact) mass is 562 g/mol. The average molecular weight is 564 g/mol. The molecule has 2 fully saturated rings. The molecule has 0 aliphatic carbocycles. The molecule has 2 aliphatic heterocycles. The van der Waals surface area contributed by atoms with E-state index in [4.69, 9.17) is 16.3 Å². The molecule has 0 N–H and O–H groups in total. The maximum Gasteiger partial charge on any atom is 0.410 e. The van der Waals surface area contributed by atoms with E-state index in [-0.39, 0.29) is 32.5 Å². The molecule has 0 bridgehead atoms. The molecule has 4 rings (SSSR count). The highest BCUT2D eigenvalue weighted by Gasteiger charge is 2.56. The Bertz CT molecular complexity index is 1130. The van der Waals surface area contributed by atoms with Crippen molar-refractivity contribution in [3.63, 3.8) is 0 Å². The lowest BCUT2D eigenvalue weighted by molar-refractivity contribution is -0.0373. The van der Waals surface area contributed by atoms with E-state index in [0.717, 1.165) is 12.8 Å². The van der Waals surface area contributed by atoms with E-state index in [0.29, 0.717) is 30.5 Å². The maximum absolute atomic E-state index is 15.4. The van der Waals surface area contributed by atoms with Gasteiger partial charge in [-0.1, -0.05) is 30.3 Å². The van der Waals surface area contributed by atoms with Crippen LogP contribution in [-0.4, -0.2) is 57.5 Å². The minimum atomic E-state index is -0.768. The predicted molar refractivity (Wildman–Crippen MR) is 130 cm³/mol. The van der Waals surface area contributed by atoms with Crippen molar-refractivity contribution in [2.24, 2.45) is 0 Å². The van der Waals surface area contributed by atoms with Gasteiger partial charge in [-0.2, -0.15) is 0 Å². The van der Waals surface area contributed by atoms with Crippen LogP contribution in [0, 0.1) is 11.6 Å². The van der Waals surface area contributed by atoms with E-state index in [1.54, 1.807) is 11.2 Å². The fourth-order valence-corrected chi connectivity index (χ4v) is 5.59. The van der Waals surface area contributed by atoms with Crippen LogP contribution in [0.25, 0.3) is 10.9 Å². The van der Waals surface area contributed by atoms with E-state index >= 15 is 8.78 Å². The van der Waals surface area contributed by atoms with Gasteiger partial charge in [0.15, 0.2) is 16.8 Å². The Kier molecular flexibility index (Phi) is 6.50. The third-order valence-corrected chi connectivity index (χ3v) is 8.18. The minimum absolute atomic E-state index is 0.0204. The van der Waals surface area contributed by atoms with Crippen molar-refractivity contribution in [3.8, 4) is 0 Å². The Hall–Kier alpha value is -1.39. The standard InChI is InChI=1S/C22H26BrClF2N4O2S/c1-6-11-9-22(7-8-30(22)20(31)32-21(2,3)4)10-29(11)18-12-15(25)14(24)13(23)16(26)17(12)27-19(28-18)33-5/h11H,6-10H2,1-5H3. The van der Waals surface area contributed by atoms with E-state index in [2.05, 4.69) is 25.9 Å². The first-order chi connectivity index (χ1) is 15.4. The molecule has 11 heteroatoms. The smallest absolute Gasteiger partial charge is 0.410 e. The van der Waals surface area contributed by atoms with Crippen molar-refractivity contribution < 1.29 is 18.3 Å². The van der Waals surface area contributed by atoms with E-state index < -0.39 is 22.8 Å². The number of anilines is 1. The molecule has 1 spiro atoms. The number of amides is 1. The summed E-state index contributed by atoms with van der Waals surface area (Å²) < 4.78 is 35.9. The molecule has 2 atom stereocenters. The van der Waals surface area contributed by atoms with Gasteiger partial charge in [0.2, 0.25) is 0 Å². The van der Waals surface area contributed by atoms with Crippen molar-refractivity contribution >= 4 is 62.1 Å². The van der Waals surface area contributed by atoms with Crippen molar-refractivity contribution in [3.05, 3.63) is 21.1 Å². The van der Waals surface area contributed by atoms with Gasteiger partial charge in [0.05, 0.1) is 20.4 Å². The first kappa shape index (κ1) is 24.7. The summed E-state index contributed by atoms with van der Waals surface area (Å²) in [6.07, 6.45) is 3.67. The molecule has 1 aromatic carbocycles. The van der Waals surface area contributed by atoms with Crippen LogP contribution in [-0.2, 0) is 4.74 Å². The summed E-state index contributed by atoms with van der Waals surface area (Å²) in [7, 11) is 0. The molecule has 1 aromatic heterocycles. The molecule has 3 heterocycles. The summed E-state index contributed by atoms with van der Waals surface area (Å²) in [5, 5.41) is -0.0571. The number of carbonyl (C=O) groups is 1. The second-order valence-corrected chi connectivity index (χ2v) is 11.5. The number of hydrogen-bond donors (Lipinski definition) is 0. The Balaban J connectivity index is 1.81. The fraction of sp³-hybridized carbons (Fsp3) is 0.591. The van der Waals surface area contributed by atoms with Crippen molar-refractivity contribution in [2.45, 2.75) is 69.3 Å². The van der Waals surface area contributed by atoms with Crippen molar-refractivity contribution in [2.75, 3.05) is 24.2 Å². The van der Waals surface area contributed by atoms with Gasteiger partial charge in [-0.05, 0) is 62.2 Å². The zero-order valence-corrected chi connectivity index (χ0v) is 22.3. The lowest BCUT2D eigenvalue weighted by Crippen LogP contribution is -2.64. The fourth-order valence-electron chi connectivity index (χ4n) is 4.69. The lowest BCUT2D eigenvalue weighted by atomic mass is 9.82. The normalized spacial score (nSPS) is 22.9. The first-order valence-corrected chi connectivity index (χ1v) is 13.2. The lowest BCUT2D eigenvalue weighted by Gasteiger charge is -2.50. The van der Waals surface area contributed by atoms with Gasteiger partial charge < -0.3 is 14.5 Å². The molecule has 180 valence electrons. The topological polar surface area (TPSA) is 58.6 Å². The Morgan fingerprint density at radius 3 is 2.58 bits per heavy atom. The van der Waals surface area contributed by atoms with Crippen LogP contribution >= 0.6 is 39.3 Å². The molecule has 33 heavy (non-hydrogen) atoms. The van der Waals surface area contributed by atoms with Gasteiger partial charge in [0.1, 0.15) is 16.9 Å². The second kappa shape index (κ2) is 8.68. The third kappa shape index (κ3) is 4.16. The molecule has 6 nitrogen and oxygen atoms in total. The summed E-state index contributed by atoms with van der Waals surface area (Å²) in [4.78, 5) is 25.4. The maximum atomic E-state index is 15.4. The zero-order chi connectivity index (χ0) is 24.3. The molecular weight excluding hydrogens is 538 g/mol. The number of rotatable bonds is 3. The summed E-state index contributed by atoms with van der Waals surface area (Å²) in [5.74, 6) is -1.19. The van der Waals surface area contributed by atoms with Gasteiger partial charge in [-0.15, -0.1) is 0 Å². The summed E-state index contributed by atoms with van der Waals surface area (Å²) in [6, 6.07) is -0.0204. The van der Waals surface area contributed by atoms with Crippen LogP contribution in [0.2, 0.25) is 5.02 Å². The van der Waals surface area contributed by atoms with E-state index in [1.165, 1.54) is 11.8 Å². The van der Waals surface area contributed by atoms with E-state index in [9.17, 15) is 4.79 Å². The Labute approximate surface area is 209 Å². The average Bonchev–Trinajstić information content (AvgIpc) is 3.15. The SMILES string of the molecule is CCC1CC2(CCN2C(=O)OC(C)(C)C)CN1c1nc(SC)nc2c(F)c(Br)c(Cl)c(F)c12. The second-order valence-electron chi connectivity index (χ2n) is 9.51. The van der Waals surface area contributed by atoms with Gasteiger partial charge in [-0.25, -0.2) is 23.5 Å². The van der Waals surface area contributed by atoms with Crippen LogP contribution in [0.1, 0.15) is 47.0 Å². The summed E-state index contributed by atoms with van der Waals surface area (Å²) >= 11 is 10.4. The number of likely N-dealkylation sites (tertiary alicyclic amines) is 1. The number of fused-ring (bicyclic) bond motifs is 1. The minimum Gasteiger partial charge on any atom is -0.444 e. The van der Waals surface area contributed by atoms with Crippen molar-refractivity contribution in [1.29, 1.82) is 0 Å². The number of carbonyl (C=O) groups excluding carboxylic acids is 1. The number of hydrogen-bond acceptors (Lipinski definition) is 6. The van der Waals surface area contributed by atoms with Gasteiger partial charge in [-0.3, -0.25) is 0 Å². The Morgan fingerprint density at radius 1 is 1.33 bits per heavy atom. The molecule has 2 saturated heterocycles. The Morgan fingerprint density at radius 2 is 2.03 bits per heavy atom. The van der Waals surface area contributed by atoms with Crippen molar-refractivity contribution in [1.82, 2.24) is 14.9 Å². The molecule has 0 saturated carbocycles. The van der Waals surface area contributed by atoms with Crippen LogP contribution in [0.3, 0.4) is 0 Å². The molecule has 2 unspecified atom stereocenters. The van der Waals surface area contributed by atoms with Crippen LogP contribution in [0.5, 0.6) is 0 Å². The quantitative estimate of drug-likeness (QED) is 0.186. The first-order valence-electron chi connectivity index (χ1n) is 10.8. The van der Waals surface area contributed by atoms with Crippen LogP contribution < -0.4 is 4.90 Å². The van der Waals surface area contributed by atoms with Crippen LogP contribution in [0.15, 0.2) is 9.63 Å². The number of ether oxygens (including phenoxy) is 1. The highest BCUT2D eigenvalue weighted by molar-refractivity contribution is 9.10. The molecule has 2 aromatic rings. The largest absolute Gasteiger partial charge is 0.444 e. The molecule has 0 radical (unpaired) electrons.